The summed E-state index contributed by atoms with van der Waals surface area (Å²) in [7, 11) is 3.51. The van der Waals surface area contributed by atoms with Gasteiger partial charge in [0.25, 0.3) is 0 Å². The van der Waals surface area contributed by atoms with Crippen LogP contribution in [0.15, 0.2) is 78.9 Å². The van der Waals surface area contributed by atoms with Gasteiger partial charge in [0.1, 0.15) is 5.60 Å². The van der Waals surface area contributed by atoms with E-state index in [9.17, 15) is 9.59 Å². The molecule has 0 aromatic heterocycles. The van der Waals surface area contributed by atoms with Crippen LogP contribution in [0.4, 0.5) is 10.5 Å². The van der Waals surface area contributed by atoms with Gasteiger partial charge in [-0.2, -0.15) is 0 Å². The summed E-state index contributed by atoms with van der Waals surface area (Å²) in [5.74, 6) is -0.219. The van der Waals surface area contributed by atoms with Gasteiger partial charge in [-0.3, -0.25) is 10.1 Å². The molecule has 0 atom stereocenters. The van der Waals surface area contributed by atoms with Gasteiger partial charge in [-0.15, -0.1) is 0 Å². The fraction of sp³-hybridized carbons (Fsp3) is 0.375. The number of nitrogens with zero attached hydrogens (tertiary/aromatic N) is 1. The summed E-state index contributed by atoms with van der Waals surface area (Å²) in [6.07, 6.45) is 3.77. The van der Waals surface area contributed by atoms with E-state index in [2.05, 4.69) is 29.4 Å². The number of methoxy groups -OCH3 is 1. The summed E-state index contributed by atoms with van der Waals surface area (Å²) >= 11 is 0. The molecule has 0 aliphatic carbocycles. The van der Waals surface area contributed by atoms with E-state index < -0.39 is 11.7 Å². The van der Waals surface area contributed by atoms with Crippen molar-refractivity contribution in [3.8, 4) is 11.1 Å². The summed E-state index contributed by atoms with van der Waals surface area (Å²) in [6, 6.07) is 25.9. The first kappa shape index (κ1) is 28.9. The molecule has 6 heteroatoms. The van der Waals surface area contributed by atoms with Crippen molar-refractivity contribution >= 4 is 17.7 Å². The molecule has 38 heavy (non-hydrogen) atoms. The van der Waals surface area contributed by atoms with E-state index in [0.29, 0.717) is 6.42 Å². The third-order valence-corrected chi connectivity index (χ3v) is 6.57. The predicted octanol–water partition coefficient (Wildman–Crippen LogP) is 6.74. The van der Waals surface area contributed by atoms with Gasteiger partial charge in [0.2, 0.25) is 0 Å². The highest BCUT2D eigenvalue weighted by atomic mass is 16.6. The summed E-state index contributed by atoms with van der Waals surface area (Å²) in [4.78, 5) is 26.4. The average Bonchev–Trinajstić information content (AvgIpc) is 2.91. The second-order valence-electron chi connectivity index (χ2n) is 10.3. The van der Waals surface area contributed by atoms with Crippen molar-refractivity contribution in [1.29, 1.82) is 0 Å². The molecule has 0 fully saturated rings. The highest BCUT2D eigenvalue weighted by molar-refractivity contribution is 5.91. The molecule has 0 radical (unpaired) electrons. The van der Waals surface area contributed by atoms with E-state index in [-0.39, 0.29) is 5.97 Å². The highest BCUT2D eigenvalue weighted by Crippen LogP contribution is 2.28. The third kappa shape index (κ3) is 9.67. The number of aryl methyl sites for hydroxylation is 1. The molecule has 3 aromatic rings. The fourth-order valence-corrected chi connectivity index (χ4v) is 4.24. The van der Waals surface area contributed by atoms with Crippen LogP contribution >= 0.6 is 0 Å². The second-order valence-corrected chi connectivity index (χ2v) is 10.3. The number of esters is 1. The fourth-order valence-electron chi connectivity index (χ4n) is 4.24. The van der Waals surface area contributed by atoms with Gasteiger partial charge in [-0.1, -0.05) is 72.8 Å². The molecule has 6 nitrogen and oxygen atoms in total. The number of amides is 1. The van der Waals surface area contributed by atoms with Crippen LogP contribution in [0.1, 0.15) is 44.2 Å². The lowest BCUT2D eigenvalue weighted by Gasteiger charge is -2.28. The first-order valence-corrected chi connectivity index (χ1v) is 13.2. The number of rotatable bonds is 13. The Balaban J connectivity index is 1.38. The van der Waals surface area contributed by atoms with Gasteiger partial charge in [-0.05, 0) is 75.9 Å². The van der Waals surface area contributed by atoms with Gasteiger partial charge in [0.15, 0.2) is 0 Å². The molecule has 0 saturated heterocycles. The number of para-hydroxylation sites is 1. The van der Waals surface area contributed by atoms with Crippen LogP contribution in [-0.2, 0) is 27.1 Å². The lowest BCUT2D eigenvalue weighted by Crippen LogP contribution is -2.35. The summed E-state index contributed by atoms with van der Waals surface area (Å²) in [5.41, 5.74) is 4.38. The number of anilines is 1. The van der Waals surface area contributed by atoms with Crippen molar-refractivity contribution in [2.75, 3.05) is 32.6 Å². The zero-order chi connectivity index (χ0) is 27.4. The van der Waals surface area contributed by atoms with Crippen molar-refractivity contribution < 1.29 is 19.1 Å². The second kappa shape index (κ2) is 14.3. The highest BCUT2D eigenvalue weighted by Gasteiger charge is 2.24. The molecule has 1 amide bonds. The minimum Gasteiger partial charge on any atom is -0.469 e. The normalized spacial score (nSPS) is 11.3. The van der Waals surface area contributed by atoms with Crippen LogP contribution in [0.25, 0.3) is 11.1 Å². The Morgan fingerprint density at radius 2 is 1.50 bits per heavy atom. The summed E-state index contributed by atoms with van der Waals surface area (Å²) in [6.45, 7) is 5.72. The number of ether oxygens (including phenoxy) is 2. The zero-order valence-electron chi connectivity index (χ0n) is 23.0. The van der Waals surface area contributed by atoms with Crippen LogP contribution in [-0.4, -0.2) is 49.8 Å². The Bertz CT molecular complexity index is 1160. The quantitative estimate of drug-likeness (QED) is 0.201. The molecular formula is C32H40N2O4. The first-order chi connectivity index (χ1) is 18.3. The van der Waals surface area contributed by atoms with Crippen molar-refractivity contribution in [3.05, 3.63) is 90.0 Å². The molecule has 202 valence electrons. The first-order valence-electron chi connectivity index (χ1n) is 13.2. The molecular weight excluding hydrogens is 476 g/mol. The van der Waals surface area contributed by atoms with Crippen LogP contribution in [0.3, 0.4) is 0 Å². The molecule has 0 bridgehead atoms. The number of hydrogen-bond acceptors (Lipinski definition) is 5. The molecule has 3 rings (SSSR count). The van der Waals surface area contributed by atoms with Crippen LogP contribution in [0.5, 0.6) is 0 Å². The Morgan fingerprint density at radius 1 is 0.842 bits per heavy atom. The van der Waals surface area contributed by atoms with Crippen molar-refractivity contribution in [2.45, 2.75) is 51.6 Å². The number of carbonyl (C=O) groups excluding carboxylic acids is 2. The van der Waals surface area contributed by atoms with E-state index >= 15 is 0 Å². The number of hydrogen-bond donors (Lipinski definition) is 1. The molecule has 0 unspecified atom stereocenters. The average molecular weight is 517 g/mol. The molecule has 0 saturated carbocycles. The molecule has 3 aromatic carbocycles. The standard InChI is InChI=1S/C32H40N2O4/c1-32(2,38-31(36)33-29-16-9-8-15-28(29)27-13-6-5-7-14-27)21-23-34(3)22-11-10-12-25-17-19-26(20-18-25)24-30(35)37-4/h5-9,13-20H,10-12,21-24H2,1-4H3,(H,33,36). The summed E-state index contributed by atoms with van der Waals surface area (Å²) in [5, 5.41) is 2.93. The minimum absolute atomic E-state index is 0.219. The Kier molecular flexibility index (Phi) is 10.9. The van der Waals surface area contributed by atoms with Gasteiger partial charge in [0, 0.05) is 12.1 Å². The lowest BCUT2D eigenvalue weighted by molar-refractivity contribution is -0.139. The van der Waals surface area contributed by atoms with Crippen molar-refractivity contribution in [3.63, 3.8) is 0 Å². The maximum atomic E-state index is 12.7. The van der Waals surface area contributed by atoms with Gasteiger partial charge < -0.3 is 14.4 Å². The van der Waals surface area contributed by atoms with Gasteiger partial charge in [-0.25, -0.2) is 4.79 Å². The van der Waals surface area contributed by atoms with E-state index in [0.717, 1.165) is 61.2 Å². The third-order valence-electron chi connectivity index (χ3n) is 6.57. The van der Waals surface area contributed by atoms with E-state index in [1.165, 1.54) is 12.7 Å². The zero-order valence-corrected chi connectivity index (χ0v) is 23.0. The van der Waals surface area contributed by atoms with Crippen LogP contribution < -0.4 is 5.32 Å². The van der Waals surface area contributed by atoms with Gasteiger partial charge in [0.05, 0.1) is 19.2 Å². The smallest absolute Gasteiger partial charge is 0.412 e. The number of unbranched alkanes of at least 4 members (excludes halogenated alkanes) is 1. The van der Waals surface area contributed by atoms with Crippen LogP contribution in [0.2, 0.25) is 0 Å². The van der Waals surface area contributed by atoms with Crippen LogP contribution in [0, 0.1) is 0 Å². The van der Waals surface area contributed by atoms with E-state index in [4.69, 9.17) is 9.47 Å². The number of benzene rings is 3. The SMILES string of the molecule is COC(=O)Cc1ccc(CCCCN(C)CCC(C)(C)OC(=O)Nc2ccccc2-c2ccccc2)cc1. The maximum Gasteiger partial charge on any atom is 0.412 e. The Labute approximate surface area is 227 Å². The van der Waals surface area contributed by atoms with Gasteiger partial charge >= 0.3 is 12.1 Å². The lowest BCUT2D eigenvalue weighted by atomic mass is 10.0. The minimum atomic E-state index is -0.591. The maximum absolute atomic E-state index is 12.7. The molecule has 0 aliphatic heterocycles. The monoisotopic (exact) mass is 516 g/mol. The van der Waals surface area contributed by atoms with E-state index in [1.807, 2.05) is 80.6 Å². The number of carbonyl (C=O) groups is 2. The molecule has 0 spiro atoms. The Hall–Kier alpha value is -3.64. The topological polar surface area (TPSA) is 67.9 Å². The Morgan fingerprint density at radius 3 is 2.21 bits per heavy atom. The predicted molar refractivity (Wildman–Crippen MR) is 153 cm³/mol. The largest absolute Gasteiger partial charge is 0.469 e. The summed E-state index contributed by atoms with van der Waals surface area (Å²) < 4.78 is 10.5. The van der Waals surface area contributed by atoms with Crippen molar-refractivity contribution in [1.82, 2.24) is 4.90 Å². The number of nitrogens with one attached hydrogen (secondary N) is 1. The van der Waals surface area contributed by atoms with Crippen molar-refractivity contribution in [2.24, 2.45) is 0 Å². The van der Waals surface area contributed by atoms with E-state index in [1.54, 1.807) is 0 Å². The molecule has 1 N–H and O–H groups in total. The molecule has 0 heterocycles. The molecule has 0 aliphatic rings.